The maximum absolute atomic E-state index is 14.4. The van der Waals surface area contributed by atoms with Crippen LogP contribution < -0.4 is 0 Å². The van der Waals surface area contributed by atoms with Crippen LogP contribution in [0.1, 0.15) is 176 Å². The highest BCUT2D eigenvalue weighted by Gasteiger charge is 2.69. The number of carbonyl (C=O) groups excluding carboxylic acids is 3. The molecule has 330 valence electrons. The quantitative estimate of drug-likeness (QED) is 0.0756. The van der Waals surface area contributed by atoms with Gasteiger partial charge in [-0.15, -0.1) is 5.10 Å². The van der Waals surface area contributed by atoms with Gasteiger partial charge in [-0.05, 0) is 116 Å². The van der Waals surface area contributed by atoms with Gasteiger partial charge in [-0.1, -0.05) is 135 Å². The van der Waals surface area contributed by atoms with Gasteiger partial charge in [0, 0.05) is 11.8 Å². The number of nitrogens with zero attached hydrogens (tertiary/aromatic N) is 3. The van der Waals surface area contributed by atoms with Crippen molar-refractivity contribution in [1.82, 2.24) is 15.0 Å². The lowest BCUT2D eigenvalue weighted by molar-refractivity contribution is -0.214. The van der Waals surface area contributed by atoms with Crippen LogP contribution in [-0.2, 0) is 48.4 Å². The van der Waals surface area contributed by atoms with Gasteiger partial charge in [0.15, 0.2) is 0 Å². The second kappa shape index (κ2) is 17.3. The molecule has 0 spiro atoms. The fourth-order valence-electron chi connectivity index (χ4n) is 13.7. The van der Waals surface area contributed by atoms with Crippen molar-refractivity contribution in [2.24, 2.45) is 50.2 Å². The first-order valence-corrected chi connectivity index (χ1v) is 23.6. The summed E-state index contributed by atoms with van der Waals surface area (Å²) >= 11 is 0. The number of rotatable bonds is 15. The fourth-order valence-corrected chi connectivity index (χ4v) is 13.7. The molecule has 1 aromatic heterocycles. The normalized spacial score (nSPS) is 33.8. The molecule has 0 unspecified atom stereocenters. The summed E-state index contributed by atoms with van der Waals surface area (Å²) in [6.45, 7) is 19.7. The minimum Gasteiger partial charge on any atom is -0.460 e. The van der Waals surface area contributed by atoms with Crippen LogP contribution in [0.2, 0.25) is 0 Å². The van der Waals surface area contributed by atoms with Crippen LogP contribution in [0.3, 0.4) is 0 Å². The summed E-state index contributed by atoms with van der Waals surface area (Å²) in [5, 5.41) is 8.30. The summed E-state index contributed by atoms with van der Waals surface area (Å²) in [5.41, 5.74) is 2.80. The molecule has 1 aromatic carbocycles. The Balaban J connectivity index is 0.999. The van der Waals surface area contributed by atoms with Crippen molar-refractivity contribution in [2.45, 2.75) is 190 Å². The van der Waals surface area contributed by atoms with Crippen LogP contribution in [0.5, 0.6) is 0 Å². The number of fused-ring (bicyclic) bond motifs is 7. The van der Waals surface area contributed by atoms with Crippen LogP contribution in [0.25, 0.3) is 0 Å². The third-order valence-corrected chi connectivity index (χ3v) is 17.5. The molecule has 0 bridgehead atoms. The minimum absolute atomic E-state index is 0.00151. The van der Waals surface area contributed by atoms with E-state index in [4.69, 9.17) is 14.2 Å². The maximum atomic E-state index is 14.4. The molecule has 0 radical (unpaired) electrons. The molecule has 5 aliphatic rings. The van der Waals surface area contributed by atoms with Crippen LogP contribution >= 0.6 is 0 Å². The number of benzene rings is 1. The Labute approximate surface area is 360 Å². The standard InChI is InChI=1S/C51H75N3O6/c1-9-10-11-12-13-17-20-43(55)58-35-37-32-54(53-52-37)33-44(56)60-42-24-25-48(6)40(47(42,4)5)23-26-50(8)41(48)22-21-38-39-31-46(2,3)27-29-51(39,30-28-49(38,50)7)45(57)59-34-36-18-15-14-16-19-36/h14-16,18-19,21,32,39-42H,9-13,17,20,22-31,33-35H2,1-8H3/t39-,40-,41+,42-,48-,49+,50+,51-/m0/s1. The monoisotopic (exact) mass is 826 g/mol. The van der Waals surface area contributed by atoms with Crippen LogP contribution in [0.4, 0.5) is 0 Å². The molecule has 0 saturated heterocycles. The van der Waals surface area contributed by atoms with Gasteiger partial charge < -0.3 is 14.2 Å². The summed E-state index contributed by atoms with van der Waals surface area (Å²) in [6.07, 6.45) is 21.2. The van der Waals surface area contributed by atoms with Crippen LogP contribution in [-0.4, -0.2) is 39.0 Å². The van der Waals surface area contributed by atoms with Crippen molar-refractivity contribution in [3.05, 3.63) is 59.4 Å². The van der Waals surface area contributed by atoms with Crippen molar-refractivity contribution in [2.75, 3.05) is 0 Å². The largest absolute Gasteiger partial charge is 0.460 e. The molecule has 0 N–H and O–H groups in total. The Morgan fingerprint density at radius 2 is 1.52 bits per heavy atom. The summed E-state index contributed by atoms with van der Waals surface area (Å²) in [4.78, 5) is 40.1. The van der Waals surface area contributed by atoms with E-state index in [0.717, 1.165) is 89.0 Å². The second-order valence-corrected chi connectivity index (χ2v) is 21.9. The van der Waals surface area contributed by atoms with E-state index in [0.29, 0.717) is 30.6 Å². The van der Waals surface area contributed by atoms with Crippen molar-refractivity contribution < 1.29 is 28.6 Å². The van der Waals surface area contributed by atoms with Crippen molar-refractivity contribution in [1.29, 1.82) is 0 Å². The number of hydrogen-bond acceptors (Lipinski definition) is 8. The molecule has 4 fully saturated rings. The number of esters is 3. The molecule has 4 saturated carbocycles. The Bertz CT molecular complexity index is 1880. The lowest BCUT2D eigenvalue weighted by Crippen LogP contribution is -2.65. The molecule has 7 rings (SSSR count). The maximum Gasteiger partial charge on any atom is 0.328 e. The molecule has 9 nitrogen and oxygen atoms in total. The Kier molecular flexibility index (Phi) is 12.9. The third kappa shape index (κ3) is 8.38. The molecular weight excluding hydrogens is 751 g/mol. The van der Waals surface area contributed by atoms with Gasteiger partial charge in [0.2, 0.25) is 0 Å². The number of aromatic nitrogens is 3. The van der Waals surface area contributed by atoms with E-state index in [-0.39, 0.29) is 70.2 Å². The Morgan fingerprint density at radius 3 is 2.28 bits per heavy atom. The SMILES string of the molecule is CCCCCCCCC(=O)OCc1cn(CC(=O)O[C@H]2CC[C@]3(C)[C@H]4CC=C5[C@@H]6CC(C)(C)CC[C@]6(C(=O)OCc6ccccc6)CC[C@@]5(C)[C@]4(C)CC[C@H]3C2(C)C)nn1. The van der Waals surface area contributed by atoms with E-state index in [9.17, 15) is 14.4 Å². The predicted molar refractivity (Wildman–Crippen MR) is 233 cm³/mol. The molecule has 0 amide bonds. The number of unbranched alkanes of at least 4 members (excludes halogenated alkanes) is 5. The highest BCUT2D eigenvalue weighted by molar-refractivity contribution is 5.79. The van der Waals surface area contributed by atoms with Crippen molar-refractivity contribution in [3.8, 4) is 0 Å². The van der Waals surface area contributed by atoms with Crippen LogP contribution in [0, 0.1) is 50.2 Å². The van der Waals surface area contributed by atoms with E-state index in [1.807, 2.05) is 30.3 Å². The topological polar surface area (TPSA) is 110 Å². The molecule has 5 aliphatic carbocycles. The van der Waals surface area contributed by atoms with Gasteiger partial charge in [-0.3, -0.25) is 14.4 Å². The number of hydrogen-bond donors (Lipinski definition) is 0. The lowest BCUT2D eigenvalue weighted by Gasteiger charge is -2.71. The Morgan fingerprint density at radius 1 is 0.783 bits per heavy atom. The molecule has 0 aliphatic heterocycles. The first-order chi connectivity index (χ1) is 28.5. The average molecular weight is 826 g/mol. The summed E-state index contributed by atoms with van der Waals surface area (Å²) in [6, 6.07) is 10.1. The third-order valence-electron chi connectivity index (χ3n) is 17.5. The zero-order valence-corrected chi connectivity index (χ0v) is 38.3. The van der Waals surface area contributed by atoms with E-state index >= 15 is 0 Å². The van der Waals surface area contributed by atoms with Crippen LogP contribution in [0.15, 0.2) is 48.2 Å². The van der Waals surface area contributed by atoms with E-state index in [1.54, 1.807) is 11.8 Å². The lowest BCUT2D eigenvalue weighted by atomic mass is 9.33. The summed E-state index contributed by atoms with van der Waals surface area (Å²) in [7, 11) is 0. The van der Waals surface area contributed by atoms with Crippen molar-refractivity contribution >= 4 is 17.9 Å². The zero-order chi connectivity index (χ0) is 43.0. The van der Waals surface area contributed by atoms with Crippen molar-refractivity contribution in [3.63, 3.8) is 0 Å². The smallest absolute Gasteiger partial charge is 0.328 e. The van der Waals surface area contributed by atoms with Gasteiger partial charge >= 0.3 is 17.9 Å². The summed E-state index contributed by atoms with van der Waals surface area (Å²) < 4.78 is 19.5. The Hall–Kier alpha value is -3.49. The van der Waals surface area contributed by atoms with E-state index in [1.165, 1.54) is 23.9 Å². The summed E-state index contributed by atoms with van der Waals surface area (Å²) in [5.74, 6) is 0.575. The highest BCUT2D eigenvalue weighted by Crippen LogP contribution is 2.76. The van der Waals surface area contributed by atoms with Gasteiger partial charge in [-0.2, -0.15) is 0 Å². The second-order valence-electron chi connectivity index (χ2n) is 21.9. The van der Waals surface area contributed by atoms with E-state index in [2.05, 4.69) is 71.8 Å². The first kappa shape index (κ1) is 44.6. The fraction of sp³-hybridized carbons (Fsp3) is 0.745. The predicted octanol–water partition coefficient (Wildman–Crippen LogP) is 11.5. The van der Waals surface area contributed by atoms with Gasteiger partial charge in [-0.25, -0.2) is 4.68 Å². The molecule has 1 heterocycles. The van der Waals surface area contributed by atoms with Gasteiger partial charge in [0.05, 0.1) is 11.6 Å². The van der Waals surface area contributed by atoms with Gasteiger partial charge in [0.25, 0.3) is 0 Å². The zero-order valence-electron chi connectivity index (χ0n) is 38.3. The van der Waals surface area contributed by atoms with Gasteiger partial charge in [0.1, 0.15) is 31.6 Å². The number of ether oxygens (including phenoxy) is 3. The average Bonchev–Trinajstić information content (AvgIpc) is 3.66. The molecule has 8 atom stereocenters. The number of allylic oxidation sites excluding steroid dienone is 2. The highest BCUT2D eigenvalue weighted by atomic mass is 16.5. The first-order valence-electron chi connectivity index (χ1n) is 23.6. The molecule has 60 heavy (non-hydrogen) atoms. The van der Waals surface area contributed by atoms with E-state index < -0.39 is 5.41 Å². The molecule has 9 heteroatoms. The number of carbonyl (C=O) groups is 3. The molecule has 2 aromatic rings. The minimum atomic E-state index is -0.461. The molecular formula is C51H75N3O6.